The van der Waals surface area contributed by atoms with Crippen LogP contribution in [-0.2, 0) is 19.4 Å². The Labute approximate surface area is 247 Å². The Balaban J connectivity index is 1.23. The smallest absolute Gasteiger partial charge is 0.310 e. The number of anilines is 2. The first-order valence-corrected chi connectivity index (χ1v) is 16.3. The molecule has 0 amide bonds. The summed E-state index contributed by atoms with van der Waals surface area (Å²) in [5.41, 5.74) is 5.30. The van der Waals surface area contributed by atoms with E-state index in [4.69, 9.17) is 4.74 Å². The van der Waals surface area contributed by atoms with Gasteiger partial charge >= 0.3 is 5.97 Å². The average molecular weight is 587 g/mol. The summed E-state index contributed by atoms with van der Waals surface area (Å²) >= 11 is 0. The standard InChI is InChI=1S/C33H38N4O4S/c1-33(2,3)41-31(38)22-23-8-5-10-24(11-6-9-23)25-14-18-27(19-15-25)34-32-35-30-13-7-12-29(37(30)36-32)26-16-20-28(21-17-26)42(4,39)40/h7-8,12-21,24H,5-6,9-11,22H2,1-4H3,(H,34,36)/b23-8+. The van der Waals surface area contributed by atoms with Crippen molar-refractivity contribution in [1.82, 2.24) is 14.6 Å². The van der Waals surface area contributed by atoms with Crippen LogP contribution in [0.25, 0.3) is 16.9 Å². The van der Waals surface area contributed by atoms with Crippen LogP contribution >= 0.6 is 0 Å². The summed E-state index contributed by atoms with van der Waals surface area (Å²) in [7, 11) is -3.26. The van der Waals surface area contributed by atoms with Crippen molar-refractivity contribution in [2.75, 3.05) is 11.6 Å². The van der Waals surface area contributed by atoms with E-state index in [2.05, 4.69) is 45.7 Å². The summed E-state index contributed by atoms with van der Waals surface area (Å²) in [5.74, 6) is 0.813. The van der Waals surface area contributed by atoms with E-state index in [0.717, 1.165) is 49.0 Å². The number of nitrogens with one attached hydrogen (secondary N) is 1. The number of esters is 1. The van der Waals surface area contributed by atoms with Crippen LogP contribution in [0.5, 0.6) is 0 Å². The van der Waals surface area contributed by atoms with Gasteiger partial charge in [-0.05, 0) is 101 Å². The highest BCUT2D eigenvalue weighted by atomic mass is 32.2. The fraction of sp³-hybridized carbons (Fsp3) is 0.364. The zero-order chi connectivity index (χ0) is 29.9. The molecule has 5 rings (SSSR count). The van der Waals surface area contributed by atoms with Crippen LogP contribution in [0.3, 0.4) is 0 Å². The lowest BCUT2D eigenvalue weighted by Crippen LogP contribution is -2.24. The lowest BCUT2D eigenvalue weighted by Gasteiger charge is -2.22. The van der Waals surface area contributed by atoms with Crippen LogP contribution in [0.15, 0.2) is 83.3 Å². The highest BCUT2D eigenvalue weighted by Crippen LogP contribution is 2.32. The van der Waals surface area contributed by atoms with E-state index in [-0.39, 0.29) is 10.9 Å². The molecule has 1 atom stereocenters. The number of carbonyl (C=O) groups excluding carboxylic acids is 1. The van der Waals surface area contributed by atoms with Crippen LogP contribution in [0, 0.1) is 0 Å². The molecule has 1 N–H and O–H groups in total. The number of fused-ring (bicyclic) bond motifs is 1. The molecule has 0 saturated carbocycles. The number of hydrogen-bond donors (Lipinski definition) is 1. The highest BCUT2D eigenvalue weighted by Gasteiger charge is 2.19. The molecular formula is C33H38N4O4S. The Morgan fingerprint density at radius 2 is 1.76 bits per heavy atom. The minimum Gasteiger partial charge on any atom is -0.460 e. The monoisotopic (exact) mass is 586 g/mol. The van der Waals surface area contributed by atoms with Gasteiger partial charge in [-0.25, -0.2) is 12.9 Å². The molecule has 9 heteroatoms. The molecule has 2 aromatic carbocycles. The minimum absolute atomic E-state index is 0.145. The summed E-state index contributed by atoms with van der Waals surface area (Å²) in [5, 5.41) is 7.99. The summed E-state index contributed by atoms with van der Waals surface area (Å²) in [4.78, 5) is 17.2. The number of allylic oxidation sites excluding steroid dienone is 1. The van der Waals surface area contributed by atoms with Crippen molar-refractivity contribution in [1.29, 1.82) is 0 Å². The van der Waals surface area contributed by atoms with Gasteiger partial charge in [-0.1, -0.05) is 42.0 Å². The minimum atomic E-state index is -3.26. The topological polar surface area (TPSA) is 103 Å². The van der Waals surface area contributed by atoms with Crippen molar-refractivity contribution in [3.63, 3.8) is 0 Å². The number of sulfone groups is 1. The van der Waals surface area contributed by atoms with Gasteiger partial charge in [-0.15, -0.1) is 5.10 Å². The van der Waals surface area contributed by atoms with E-state index >= 15 is 0 Å². The molecule has 0 radical (unpaired) electrons. The summed E-state index contributed by atoms with van der Waals surface area (Å²) < 4.78 is 30.9. The second-order valence-electron chi connectivity index (χ2n) is 12.0. The SMILES string of the molecule is CC(C)(C)OC(=O)C/C1=C/CCC(c2ccc(Nc3nc4cccc(-c5ccc(S(C)(=O)=O)cc5)n4n3)cc2)CCC1. The number of hydrogen-bond acceptors (Lipinski definition) is 7. The van der Waals surface area contributed by atoms with Crippen molar-refractivity contribution in [3.8, 4) is 11.3 Å². The molecular weight excluding hydrogens is 548 g/mol. The van der Waals surface area contributed by atoms with Crippen molar-refractivity contribution in [3.05, 3.63) is 83.9 Å². The third-order valence-corrected chi connectivity index (χ3v) is 8.49. The maximum atomic E-state index is 12.2. The quantitative estimate of drug-likeness (QED) is 0.180. The Bertz CT molecular complexity index is 1700. The Morgan fingerprint density at radius 3 is 2.45 bits per heavy atom. The van der Waals surface area contributed by atoms with Gasteiger partial charge in [0.25, 0.3) is 0 Å². The van der Waals surface area contributed by atoms with Gasteiger partial charge in [-0.3, -0.25) is 4.79 Å². The van der Waals surface area contributed by atoms with Gasteiger partial charge in [0.2, 0.25) is 5.95 Å². The van der Waals surface area contributed by atoms with Crippen LogP contribution in [-0.4, -0.2) is 40.8 Å². The van der Waals surface area contributed by atoms with E-state index in [1.54, 1.807) is 28.8 Å². The predicted octanol–water partition coefficient (Wildman–Crippen LogP) is 7.25. The van der Waals surface area contributed by atoms with Gasteiger partial charge in [-0.2, -0.15) is 4.98 Å². The van der Waals surface area contributed by atoms with Crippen molar-refractivity contribution < 1.29 is 17.9 Å². The first-order valence-electron chi connectivity index (χ1n) is 14.4. The van der Waals surface area contributed by atoms with Crippen molar-refractivity contribution in [2.24, 2.45) is 0 Å². The second kappa shape index (κ2) is 12.1. The number of ether oxygens (including phenoxy) is 1. The van der Waals surface area contributed by atoms with E-state index in [1.807, 2.05) is 39.0 Å². The molecule has 0 bridgehead atoms. The van der Waals surface area contributed by atoms with E-state index in [9.17, 15) is 13.2 Å². The molecule has 1 unspecified atom stereocenters. The zero-order valence-corrected chi connectivity index (χ0v) is 25.4. The lowest BCUT2D eigenvalue weighted by molar-refractivity contribution is -0.153. The normalized spacial score (nSPS) is 17.6. The molecule has 0 saturated heterocycles. The molecule has 4 aromatic rings. The molecule has 8 nitrogen and oxygen atoms in total. The largest absolute Gasteiger partial charge is 0.460 e. The second-order valence-corrected chi connectivity index (χ2v) is 14.0. The van der Waals surface area contributed by atoms with Crippen LogP contribution in [0.1, 0.15) is 70.8 Å². The van der Waals surface area contributed by atoms with E-state index in [0.29, 0.717) is 23.9 Å². The number of carbonyl (C=O) groups is 1. The Hall–Kier alpha value is -3.98. The lowest BCUT2D eigenvalue weighted by atomic mass is 9.85. The predicted molar refractivity (Wildman–Crippen MR) is 166 cm³/mol. The molecule has 1 aliphatic carbocycles. The first-order chi connectivity index (χ1) is 19.9. The zero-order valence-electron chi connectivity index (χ0n) is 24.6. The van der Waals surface area contributed by atoms with Crippen molar-refractivity contribution in [2.45, 2.75) is 75.7 Å². The Morgan fingerprint density at radius 1 is 1.02 bits per heavy atom. The van der Waals surface area contributed by atoms with Gasteiger partial charge in [0.15, 0.2) is 15.5 Å². The first kappa shape index (κ1) is 29.5. The fourth-order valence-electron chi connectivity index (χ4n) is 5.38. The molecule has 2 aromatic heterocycles. The number of aromatic nitrogens is 3. The molecule has 2 heterocycles. The maximum Gasteiger partial charge on any atom is 0.310 e. The third kappa shape index (κ3) is 7.45. The molecule has 0 spiro atoms. The van der Waals surface area contributed by atoms with Crippen LogP contribution < -0.4 is 5.32 Å². The number of rotatable bonds is 7. The van der Waals surface area contributed by atoms with E-state index in [1.165, 1.54) is 17.4 Å². The molecule has 42 heavy (non-hydrogen) atoms. The van der Waals surface area contributed by atoms with Gasteiger partial charge in [0.1, 0.15) is 5.60 Å². The van der Waals surface area contributed by atoms with Gasteiger partial charge < -0.3 is 10.1 Å². The molecule has 0 aliphatic heterocycles. The summed E-state index contributed by atoms with van der Waals surface area (Å²) in [6, 6.07) is 21.0. The number of benzene rings is 2. The summed E-state index contributed by atoms with van der Waals surface area (Å²) in [6.45, 7) is 5.71. The summed E-state index contributed by atoms with van der Waals surface area (Å²) in [6.07, 6.45) is 8.87. The van der Waals surface area contributed by atoms with Crippen molar-refractivity contribution >= 4 is 33.1 Å². The number of pyridine rings is 1. The van der Waals surface area contributed by atoms with Crippen LogP contribution in [0.2, 0.25) is 0 Å². The molecule has 1 aliphatic rings. The highest BCUT2D eigenvalue weighted by molar-refractivity contribution is 7.90. The van der Waals surface area contributed by atoms with E-state index < -0.39 is 15.4 Å². The van der Waals surface area contributed by atoms with Gasteiger partial charge in [0, 0.05) is 17.5 Å². The number of nitrogens with zero attached hydrogens (tertiary/aromatic N) is 3. The molecule has 220 valence electrons. The van der Waals surface area contributed by atoms with Gasteiger partial charge in [0.05, 0.1) is 17.0 Å². The van der Waals surface area contributed by atoms with Crippen LogP contribution in [0.4, 0.5) is 11.6 Å². The third-order valence-electron chi connectivity index (χ3n) is 7.37. The molecule has 0 fully saturated rings. The maximum absolute atomic E-state index is 12.2. The average Bonchev–Trinajstić information content (AvgIpc) is 3.32. The fourth-order valence-corrected chi connectivity index (χ4v) is 6.02. The Kier molecular flexibility index (Phi) is 8.50.